The average Bonchev–Trinajstić information content (AvgIpc) is 2.40. The molecule has 0 unspecified atom stereocenters. The van der Waals surface area contributed by atoms with Crippen LogP contribution in [0.15, 0.2) is 36.5 Å². The van der Waals surface area contributed by atoms with E-state index in [4.69, 9.17) is 5.11 Å². The molecule has 0 radical (unpaired) electrons. The van der Waals surface area contributed by atoms with Gasteiger partial charge < -0.3 is 15.7 Å². The summed E-state index contributed by atoms with van der Waals surface area (Å²) in [4.78, 5) is 33.0. The molecular formula is C15H22N2O4. The predicted octanol–water partition coefficient (Wildman–Crippen LogP) is 1.16. The summed E-state index contributed by atoms with van der Waals surface area (Å²) in [5.74, 6) is -2.27. The van der Waals surface area contributed by atoms with E-state index in [1.54, 1.807) is 6.08 Å². The predicted molar refractivity (Wildman–Crippen MR) is 80.6 cm³/mol. The molecule has 21 heavy (non-hydrogen) atoms. The van der Waals surface area contributed by atoms with Gasteiger partial charge >= 0.3 is 5.97 Å². The maximum absolute atomic E-state index is 11.6. The second-order valence-electron chi connectivity index (χ2n) is 4.48. The number of carboxylic acid groups (broad SMARTS) is 1. The fourth-order valence-electron chi connectivity index (χ4n) is 1.58. The number of aliphatic carboxylic acids is 1. The zero-order chi connectivity index (χ0) is 16.3. The molecule has 0 aliphatic carbocycles. The maximum atomic E-state index is 11.6. The zero-order valence-electron chi connectivity index (χ0n) is 12.4. The molecule has 6 nitrogen and oxygen atoms in total. The minimum absolute atomic E-state index is 0.102. The molecule has 116 valence electrons. The summed E-state index contributed by atoms with van der Waals surface area (Å²) in [6.07, 6.45) is 7.34. The second-order valence-corrected chi connectivity index (χ2v) is 4.48. The van der Waals surface area contributed by atoms with E-state index >= 15 is 0 Å². The summed E-state index contributed by atoms with van der Waals surface area (Å²) in [7, 11) is 0. The second kappa shape index (κ2) is 10.4. The zero-order valence-corrected chi connectivity index (χ0v) is 12.4. The summed E-state index contributed by atoms with van der Waals surface area (Å²) < 4.78 is 0. The number of hydrogen-bond acceptors (Lipinski definition) is 3. The van der Waals surface area contributed by atoms with Crippen molar-refractivity contribution in [1.29, 1.82) is 0 Å². The van der Waals surface area contributed by atoms with Crippen molar-refractivity contribution in [2.24, 2.45) is 0 Å². The van der Waals surface area contributed by atoms with Gasteiger partial charge in [-0.15, -0.1) is 0 Å². The van der Waals surface area contributed by atoms with E-state index in [-0.39, 0.29) is 18.5 Å². The first-order valence-corrected chi connectivity index (χ1v) is 6.61. The van der Waals surface area contributed by atoms with Crippen molar-refractivity contribution in [3.63, 3.8) is 0 Å². The van der Waals surface area contributed by atoms with Crippen molar-refractivity contribution in [1.82, 2.24) is 10.6 Å². The van der Waals surface area contributed by atoms with Crippen LogP contribution in [0.2, 0.25) is 0 Å². The Morgan fingerprint density at radius 1 is 1.29 bits per heavy atom. The van der Waals surface area contributed by atoms with E-state index in [1.165, 1.54) is 0 Å². The smallest absolute Gasteiger partial charge is 0.312 e. The number of rotatable bonds is 9. The SMILES string of the molecule is C=C/C=C\C(=C/C)C[C@H](C)NC(=O)CNC(=O)CC(=O)O. The summed E-state index contributed by atoms with van der Waals surface area (Å²) in [6, 6.07) is -0.102. The molecular weight excluding hydrogens is 272 g/mol. The number of amides is 2. The van der Waals surface area contributed by atoms with E-state index < -0.39 is 18.3 Å². The van der Waals surface area contributed by atoms with Crippen LogP contribution >= 0.6 is 0 Å². The Bertz CT molecular complexity index is 453. The van der Waals surface area contributed by atoms with Crippen LogP contribution in [0.1, 0.15) is 26.7 Å². The van der Waals surface area contributed by atoms with Crippen molar-refractivity contribution in [3.05, 3.63) is 36.5 Å². The molecule has 0 aromatic heterocycles. The summed E-state index contributed by atoms with van der Waals surface area (Å²) in [5, 5.41) is 13.4. The lowest BCUT2D eigenvalue weighted by Gasteiger charge is -2.14. The van der Waals surface area contributed by atoms with Crippen LogP contribution in [0.4, 0.5) is 0 Å². The van der Waals surface area contributed by atoms with Crippen molar-refractivity contribution in [2.75, 3.05) is 6.54 Å². The Kier molecular flexibility index (Phi) is 9.25. The monoisotopic (exact) mass is 294 g/mol. The Balaban J connectivity index is 4.14. The molecule has 0 spiro atoms. The van der Waals surface area contributed by atoms with Gasteiger partial charge in [-0.3, -0.25) is 14.4 Å². The van der Waals surface area contributed by atoms with Crippen molar-refractivity contribution < 1.29 is 19.5 Å². The van der Waals surface area contributed by atoms with Crippen LogP contribution in [0, 0.1) is 0 Å². The van der Waals surface area contributed by atoms with Crippen LogP contribution in [0.5, 0.6) is 0 Å². The largest absolute Gasteiger partial charge is 0.481 e. The number of nitrogens with one attached hydrogen (secondary N) is 2. The highest BCUT2D eigenvalue weighted by atomic mass is 16.4. The third-order valence-electron chi connectivity index (χ3n) is 2.52. The van der Waals surface area contributed by atoms with Gasteiger partial charge in [0.15, 0.2) is 0 Å². The van der Waals surface area contributed by atoms with Gasteiger partial charge in [-0.05, 0) is 20.3 Å². The number of carboxylic acids is 1. The highest BCUT2D eigenvalue weighted by Crippen LogP contribution is 2.07. The lowest BCUT2D eigenvalue weighted by molar-refractivity contribution is -0.141. The molecule has 0 aromatic rings. The topological polar surface area (TPSA) is 95.5 Å². The number of hydrogen-bond donors (Lipinski definition) is 3. The molecule has 0 saturated carbocycles. The molecule has 0 heterocycles. The van der Waals surface area contributed by atoms with E-state index in [9.17, 15) is 14.4 Å². The van der Waals surface area contributed by atoms with Crippen LogP contribution in [0.3, 0.4) is 0 Å². The third kappa shape index (κ3) is 10.1. The number of carbonyl (C=O) groups is 3. The Labute approximate surface area is 124 Å². The van der Waals surface area contributed by atoms with Gasteiger partial charge in [0.05, 0.1) is 6.54 Å². The van der Waals surface area contributed by atoms with Gasteiger partial charge in [-0.2, -0.15) is 0 Å². The van der Waals surface area contributed by atoms with Gasteiger partial charge in [0.25, 0.3) is 0 Å². The molecule has 6 heteroatoms. The summed E-state index contributed by atoms with van der Waals surface area (Å²) >= 11 is 0. The van der Waals surface area contributed by atoms with Crippen LogP contribution in [0.25, 0.3) is 0 Å². The Hall–Kier alpha value is -2.37. The lowest BCUT2D eigenvalue weighted by Crippen LogP contribution is -2.41. The molecule has 1 atom stereocenters. The average molecular weight is 294 g/mol. The van der Waals surface area contributed by atoms with Gasteiger partial charge in [0, 0.05) is 6.04 Å². The molecule has 3 N–H and O–H groups in total. The normalized spacial score (nSPS) is 12.8. The maximum Gasteiger partial charge on any atom is 0.312 e. The fourth-order valence-corrected chi connectivity index (χ4v) is 1.58. The lowest BCUT2D eigenvalue weighted by atomic mass is 10.1. The quantitative estimate of drug-likeness (QED) is 0.439. The van der Waals surface area contributed by atoms with E-state index in [0.29, 0.717) is 6.42 Å². The Morgan fingerprint density at radius 2 is 1.95 bits per heavy atom. The van der Waals surface area contributed by atoms with Gasteiger partial charge in [-0.1, -0.05) is 36.5 Å². The first-order valence-electron chi connectivity index (χ1n) is 6.61. The van der Waals surface area contributed by atoms with Crippen molar-refractivity contribution in [2.45, 2.75) is 32.7 Å². The summed E-state index contributed by atoms with van der Waals surface area (Å²) in [6.45, 7) is 7.11. The summed E-state index contributed by atoms with van der Waals surface area (Å²) in [5.41, 5.74) is 1.05. The molecule has 0 aromatic carbocycles. The Morgan fingerprint density at radius 3 is 2.48 bits per heavy atom. The van der Waals surface area contributed by atoms with Crippen LogP contribution < -0.4 is 10.6 Å². The number of allylic oxidation sites excluding steroid dienone is 4. The number of carbonyl (C=O) groups excluding carboxylic acids is 2. The molecule has 0 bridgehead atoms. The standard InChI is InChI=1S/C15H22N2O4/c1-4-6-7-12(5-2)8-11(3)17-14(19)10-16-13(18)9-15(20)21/h4-7,11H,1,8-10H2,2-3H3,(H,16,18)(H,17,19)(H,20,21)/b7-6-,12-5+/t11-/m0/s1. The van der Waals surface area contributed by atoms with Crippen LogP contribution in [-0.2, 0) is 14.4 Å². The molecule has 0 saturated heterocycles. The molecule has 0 rings (SSSR count). The van der Waals surface area contributed by atoms with E-state index in [0.717, 1.165) is 5.57 Å². The fraction of sp³-hybridized carbons (Fsp3) is 0.400. The molecule has 0 aliphatic heterocycles. The van der Waals surface area contributed by atoms with Gasteiger partial charge in [-0.25, -0.2) is 0 Å². The minimum atomic E-state index is -1.23. The highest BCUT2D eigenvalue weighted by molar-refractivity contribution is 5.95. The van der Waals surface area contributed by atoms with Gasteiger partial charge in [0.2, 0.25) is 11.8 Å². The molecule has 2 amide bonds. The first-order chi connectivity index (χ1) is 9.88. The van der Waals surface area contributed by atoms with E-state index in [2.05, 4.69) is 17.2 Å². The molecule has 0 aliphatic rings. The minimum Gasteiger partial charge on any atom is -0.481 e. The van der Waals surface area contributed by atoms with Crippen molar-refractivity contribution in [3.8, 4) is 0 Å². The highest BCUT2D eigenvalue weighted by Gasteiger charge is 2.11. The van der Waals surface area contributed by atoms with Crippen molar-refractivity contribution >= 4 is 17.8 Å². The first kappa shape index (κ1) is 18.6. The van der Waals surface area contributed by atoms with Crippen LogP contribution in [-0.4, -0.2) is 35.5 Å². The van der Waals surface area contributed by atoms with E-state index in [1.807, 2.05) is 32.1 Å². The molecule has 0 fully saturated rings. The third-order valence-corrected chi connectivity index (χ3v) is 2.52. The van der Waals surface area contributed by atoms with Gasteiger partial charge in [0.1, 0.15) is 6.42 Å².